The van der Waals surface area contributed by atoms with Crippen LogP contribution in [0.1, 0.15) is 37.2 Å². The maximum atomic E-state index is 11.8. The summed E-state index contributed by atoms with van der Waals surface area (Å²) in [6.45, 7) is 0. The van der Waals surface area contributed by atoms with Gasteiger partial charge >= 0.3 is 0 Å². The number of anilines is 1. The topological polar surface area (TPSA) is 79.8 Å². The molecule has 0 radical (unpaired) electrons. The second-order valence-electron chi connectivity index (χ2n) is 7.26. The van der Waals surface area contributed by atoms with E-state index in [-0.39, 0.29) is 12.0 Å². The van der Waals surface area contributed by atoms with E-state index in [1.165, 1.54) is 5.56 Å². The second kappa shape index (κ2) is 9.50. The van der Waals surface area contributed by atoms with Crippen molar-refractivity contribution in [2.75, 3.05) is 18.7 Å². The zero-order chi connectivity index (χ0) is 20.9. The molecular formula is C21H26ClN3O3S. The Morgan fingerprint density at radius 2 is 1.66 bits per heavy atom. The van der Waals surface area contributed by atoms with Crippen molar-refractivity contribution in [3.05, 3.63) is 59.1 Å². The van der Waals surface area contributed by atoms with Crippen molar-refractivity contribution in [2.24, 2.45) is 4.99 Å². The summed E-state index contributed by atoms with van der Waals surface area (Å²) in [7, 11) is -1.78. The monoisotopic (exact) mass is 435 g/mol. The standard InChI is InChI=1S/C21H26ClN3O3S/c1-28-20-13-5-16(6-14-20)15-3-9-18(10-4-15)23-21(25-29(2,26)27)24-19-11-7-17(22)8-12-19/h5-8,11-15,18H,3-4,9-10H2,1-2H3,(H2,23,24,25). The van der Waals surface area contributed by atoms with Gasteiger partial charge < -0.3 is 10.1 Å². The van der Waals surface area contributed by atoms with Crippen LogP contribution in [-0.4, -0.2) is 33.8 Å². The minimum Gasteiger partial charge on any atom is -0.497 e. The number of guanidine groups is 1. The van der Waals surface area contributed by atoms with Gasteiger partial charge in [0.15, 0.2) is 0 Å². The first kappa shape index (κ1) is 21.5. The van der Waals surface area contributed by atoms with Gasteiger partial charge in [0.1, 0.15) is 5.75 Å². The molecule has 0 heterocycles. The molecule has 1 saturated carbocycles. The molecule has 0 aromatic heterocycles. The lowest BCUT2D eigenvalue weighted by molar-refractivity contribution is 0.395. The van der Waals surface area contributed by atoms with E-state index >= 15 is 0 Å². The molecule has 1 fully saturated rings. The van der Waals surface area contributed by atoms with Gasteiger partial charge in [-0.05, 0) is 73.6 Å². The molecule has 3 rings (SSSR count). The zero-order valence-corrected chi connectivity index (χ0v) is 18.1. The molecule has 1 aliphatic carbocycles. The highest BCUT2D eigenvalue weighted by Gasteiger charge is 2.23. The molecule has 0 unspecified atom stereocenters. The van der Waals surface area contributed by atoms with Gasteiger partial charge in [0.25, 0.3) is 0 Å². The summed E-state index contributed by atoms with van der Waals surface area (Å²) in [6.07, 6.45) is 4.93. The maximum absolute atomic E-state index is 11.8. The summed E-state index contributed by atoms with van der Waals surface area (Å²) in [5.41, 5.74) is 2.03. The van der Waals surface area contributed by atoms with E-state index in [4.69, 9.17) is 16.3 Å². The fraction of sp³-hybridized carbons (Fsp3) is 0.381. The summed E-state index contributed by atoms with van der Waals surface area (Å²) < 4.78 is 31.2. The third-order valence-corrected chi connectivity index (χ3v) is 5.80. The Morgan fingerprint density at radius 1 is 1.03 bits per heavy atom. The summed E-state index contributed by atoms with van der Waals surface area (Å²) in [6, 6.07) is 15.3. The van der Waals surface area contributed by atoms with E-state index in [9.17, 15) is 8.42 Å². The van der Waals surface area contributed by atoms with Crippen LogP contribution in [0, 0.1) is 0 Å². The number of methoxy groups -OCH3 is 1. The first-order valence-electron chi connectivity index (χ1n) is 9.54. The van der Waals surface area contributed by atoms with Gasteiger partial charge in [-0.25, -0.2) is 13.4 Å². The number of nitrogens with one attached hydrogen (secondary N) is 2. The second-order valence-corrected chi connectivity index (χ2v) is 9.45. The molecule has 2 N–H and O–H groups in total. The van der Waals surface area contributed by atoms with Gasteiger partial charge in [-0.15, -0.1) is 0 Å². The number of hydrogen-bond acceptors (Lipinski definition) is 4. The molecule has 0 amide bonds. The molecule has 0 spiro atoms. The number of sulfonamides is 1. The van der Waals surface area contributed by atoms with Crippen LogP contribution in [0.4, 0.5) is 5.69 Å². The van der Waals surface area contributed by atoms with Crippen molar-refractivity contribution in [3.8, 4) is 5.75 Å². The van der Waals surface area contributed by atoms with Crippen molar-refractivity contribution in [1.82, 2.24) is 4.72 Å². The van der Waals surface area contributed by atoms with Gasteiger partial charge in [0.2, 0.25) is 16.0 Å². The highest BCUT2D eigenvalue weighted by molar-refractivity contribution is 7.89. The van der Waals surface area contributed by atoms with Gasteiger partial charge in [-0.2, -0.15) is 0 Å². The first-order valence-corrected chi connectivity index (χ1v) is 11.8. The average Bonchev–Trinajstić information content (AvgIpc) is 2.69. The molecule has 29 heavy (non-hydrogen) atoms. The number of rotatable bonds is 5. The van der Waals surface area contributed by atoms with Crippen LogP contribution in [0.2, 0.25) is 5.02 Å². The lowest BCUT2D eigenvalue weighted by atomic mass is 9.82. The van der Waals surface area contributed by atoms with E-state index in [1.807, 2.05) is 12.1 Å². The highest BCUT2D eigenvalue weighted by atomic mass is 35.5. The Morgan fingerprint density at radius 3 is 2.21 bits per heavy atom. The third kappa shape index (κ3) is 6.65. The molecule has 0 aliphatic heterocycles. The fourth-order valence-corrected chi connectivity index (χ4v) is 4.11. The SMILES string of the molecule is COc1ccc(C2CCC(N=C(Nc3ccc(Cl)cc3)NS(C)(=O)=O)CC2)cc1. The van der Waals surface area contributed by atoms with Gasteiger partial charge in [0.05, 0.1) is 19.4 Å². The first-order chi connectivity index (χ1) is 13.8. The van der Waals surface area contributed by atoms with Crippen LogP contribution in [0.15, 0.2) is 53.5 Å². The smallest absolute Gasteiger partial charge is 0.232 e. The van der Waals surface area contributed by atoms with Gasteiger partial charge in [-0.1, -0.05) is 23.7 Å². The number of nitrogens with zero attached hydrogens (tertiary/aromatic N) is 1. The quantitative estimate of drug-likeness (QED) is 0.539. The molecule has 6 nitrogen and oxygen atoms in total. The molecule has 0 atom stereocenters. The number of benzene rings is 2. The number of aliphatic imine (C=N–C) groups is 1. The highest BCUT2D eigenvalue weighted by Crippen LogP contribution is 2.34. The molecule has 156 valence electrons. The van der Waals surface area contributed by atoms with Crippen LogP contribution < -0.4 is 14.8 Å². The minimum absolute atomic E-state index is 0.0635. The normalized spacial score (nSPS) is 20.2. The predicted octanol–water partition coefficient (Wildman–Crippen LogP) is 4.39. The molecule has 1 aliphatic rings. The molecule has 0 bridgehead atoms. The van der Waals surface area contributed by atoms with E-state index in [0.29, 0.717) is 10.9 Å². The van der Waals surface area contributed by atoms with Crippen molar-refractivity contribution < 1.29 is 13.2 Å². The Labute approximate surface area is 177 Å². The molecular weight excluding hydrogens is 410 g/mol. The Bertz CT molecular complexity index is 936. The molecule has 2 aromatic carbocycles. The minimum atomic E-state index is -3.44. The fourth-order valence-electron chi connectivity index (χ4n) is 3.53. The van der Waals surface area contributed by atoms with Crippen molar-refractivity contribution >= 4 is 33.3 Å². The Kier molecular flexibility index (Phi) is 7.03. The number of halogens is 1. The Hall–Kier alpha value is -2.25. The summed E-state index contributed by atoms with van der Waals surface area (Å²) >= 11 is 5.91. The molecule has 8 heteroatoms. The summed E-state index contributed by atoms with van der Waals surface area (Å²) in [5, 5.41) is 3.67. The van der Waals surface area contributed by atoms with Crippen molar-refractivity contribution in [1.29, 1.82) is 0 Å². The van der Waals surface area contributed by atoms with E-state index in [2.05, 4.69) is 27.2 Å². The van der Waals surface area contributed by atoms with Crippen LogP contribution >= 0.6 is 11.6 Å². The third-order valence-electron chi connectivity index (χ3n) is 4.98. The van der Waals surface area contributed by atoms with Gasteiger partial charge in [-0.3, -0.25) is 4.72 Å². The van der Waals surface area contributed by atoms with Crippen molar-refractivity contribution in [2.45, 2.75) is 37.6 Å². The maximum Gasteiger partial charge on any atom is 0.232 e. The largest absolute Gasteiger partial charge is 0.497 e. The van der Waals surface area contributed by atoms with E-state index in [1.54, 1.807) is 31.4 Å². The van der Waals surface area contributed by atoms with Crippen LogP contribution in [0.25, 0.3) is 0 Å². The summed E-state index contributed by atoms with van der Waals surface area (Å²) in [5.74, 6) is 1.59. The van der Waals surface area contributed by atoms with Crippen LogP contribution in [0.5, 0.6) is 5.75 Å². The Balaban J connectivity index is 1.67. The number of ether oxygens (including phenoxy) is 1. The lowest BCUT2D eigenvalue weighted by Gasteiger charge is -2.27. The van der Waals surface area contributed by atoms with Crippen LogP contribution in [0.3, 0.4) is 0 Å². The van der Waals surface area contributed by atoms with Gasteiger partial charge in [0, 0.05) is 10.7 Å². The van der Waals surface area contributed by atoms with E-state index in [0.717, 1.165) is 43.4 Å². The average molecular weight is 436 g/mol. The molecule has 0 saturated heterocycles. The van der Waals surface area contributed by atoms with Crippen molar-refractivity contribution in [3.63, 3.8) is 0 Å². The summed E-state index contributed by atoms with van der Waals surface area (Å²) in [4.78, 5) is 4.66. The van der Waals surface area contributed by atoms with E-state index < -0.39 is 10.0 Å². The molecule has 2 aromatic rings. The number of hydrogen-bond donors (Lipinski definition) is 2. The zero-order valence-electron chi connectivity index (χ0n) is 16.6. The lowest BCUT2D eigenvalue weighted by Crippen LogP contribution is -2.36. The predicted molar refractivity (Wildman–Crippen MR) is 118 cm³/mol. The van der Waals surface area contributed by atoms with Crippen LogP contribution in [-0.2, 0) is 10.0 Å².